The monoisotopic (exact) mass is 254 g/mol. The largest absolute Gasteiger partial charge is 0.462 e. The first kappa shape index (κ1) is 12.4. The SMILES string of the molecule is C[C@H]1[C@@H]2OC(=O)C[C@@H]3CCC(C)(O)C(C[C@@H]1O)[C@H]32. The first-order valence-electron chi connectivity index (χ1n) is 7.00. The van der Waals surface area contributed by atoms with Gasteiger partial charge in [-0.15, -0.1) is 0 Å². The van der Waals surface area contributed by atoms with E-state index in [2.05, 4.69) is 0 Å². The predicted octanol–water partition coefficient (Wildman–Crippen LogP) is 1.10. The number of carbonyl (C=O) groups excluding carboxylic acids is 1. The van der Waals surface area contributed by atoms with Gasteiger partial charge in [0.15, 0.2) is 0 Å². The molecular formula is C14H22O4. The summed E-state index contributed by atoms with van der Waals surface area (Å²) in [6.45, 7) is 3.81. The van der Waals surface area contributed by atoms with E-state index in [-0.39, 0.29) is 29.8 Å². The van der Waals surface area contributed by atoms with E-state index in [1.807, 2.05) is 13.8 Å². The third kappa shape index (κ3) is 1.69. The lowest BCUT2D eigenvalue weighted by Gasteiger charge is -2.56. The van der Waals surface area contributed by atoms with Crippen molar-refractivity contribution in [1.29, 1.82) is 0 Å². The Balaban J connectivity index is 1.96. The van der Waals surface area contributed by atoms with Gasteiger partial charge in [0, 0.05) is 18.3 Å². The topological polar surface area (TPSA) is 66.8 Å². The number of esters is 1. The Morgan fingerprint density at radius 2 is 2.17 bits per heavy atom. The lowest BCUT2D eigenvalue weighted by Crippen LogP contribution is -2.61. The van der Waals surface area contributed by atoms with Crippen molar-refractivity contribution < 1.29 is 19.7 Å². The van der Waals surface area contributed by atoms with Crippen molar-refractivity contribution in [2.45, 2.75) is 57.3 Å². The lowest BCUT2D eigenvalue weighted by atomic mass is 9.55. The van der Waals surface area contributed by atoms with Crippen molar-refractivity contribution in [3.8, 4) is 0 Å². The lowest BCUT2D eigenvalue weighted by molar-refractivity contribution is -0.215. The minimum Gasteiger partial charge on any atom is -0.462 e. The highest BCUT2D eigenvalue weighted by Crippen LogP contribution is 2.53. The van der Waals surface area contributed by atoms with Crippen LogP contribution in [0.3, 0.4) is 0 Å². The molecule has 0 aromatic heterocycles. The Labute approximate surface area is 107 Å². The van der Waals surface area contributed by atoms with E-state index < -0.39 is 11.7 Å². The van der Waals surface area contributed by atoms with Gasteiger partial charge in [-0.25, -0.2) is 0 Å². The molecule has 0 aromatic rings. The van der Waals surface area contributed by atoms with Gasteiger partial charge in [-0.2, -0.15) is 0 Å². The molecule has 7 atom stereocenters. The summed E-state index contributed by atoms with van der Waals surface area (Å²) in [6.07, 6.45) is 2.03. The highest BCUT2D eigenvalue weighted by atomic mass is 16.5. The van der Waals surface area contributed by atoms with Crippen LogP contribution in [0, 0.1) is 23.7 Å². The van der Waals surface area contributed by atoms with E-state index >= 15 is 0 Å². The predicted molar refractivity (Wildman–Crippen MR) is 64.6 cm³/mol. The molecule has 3 fully saturated rings. The van der Waals surface area contributed by atoms with Gasteiger partial charge >= 0.3 is 5.97 Å². The van der Waals surface area contributed by atoms with Gasteiger partial charge in [-0.05, 0) is 38.0 Å². The fourth-order valence-electron chi connectivity index (χ4n) is 4.39. The van der Waals surface area contributed by atoms with Gasteiger partial charge < -0.3 is 14.9 Å². The number of hydrogen-bond acceptors (Lipinski definition) is 4. The molecule has 4 nitrogen and oxygen atoms in total. The van der Waals surface area contributed by atoms with Crippen LogP contribution in [0.1, 0.15) is 39.5 Å². The molecule has 2 unspecified atom stereocenters. The van der Waals surface area contributed by atoms with E-state index in [9.17, 15) is 15.0 Å². The van der Waals surface area contributed by atoms with Crippen LogP contribution in [0.4, 0.5) is 0 Å². The molecule has 0 radical (unpaired) electrons. The Morgan fingerprint density at radius 1 is 1.44 bits per heavy atom. The second-order valence-corrected chi connectivity index (χ2v) is 6.66. The van der Waals surface area contributed by atoms with Gasteiger partial charge in [-0.1, -0.05) is 6.92 Å². The van der Waals surface area contributed by atoms with Crippen molar-refractivity contribution in [1.82, 2.24) is 0 Å². The average molecular weight is 254 g/mol. The quantitative estimate of drug-likeness (QED) is 0.635. The van der Waals surface area contributed by atoms with Crippen molar-refractivity contribution >= 4 is 5.97 Å². The van der Waals surface area contributed by atoms with Gasteiger partial charge in [0.25, 0.3) is 0 Å². The fraction of sp³-hybridized carbons (Fsp3) is 0.929. The summed E-state index contributed by atoms with van der Waals surface area (Å²) in [5.41, 5.74) is -0.732. The molecule has 0 amide bonds. The molecule has 2 saturated carbocycles. The van der Waals surface area contributed by atoms with E-state index in [4.69, 9.17) is 4.74 Å². The molecular weight excluding hydrogens is 232 g/mol. The van der Waals surface area contributed by atoms with Crippen LogP contribution in [0.15, 0.2) is 0 Å². The zero-order chi connectivity index (χ0) is 13.1. The van der Waals surface area contributed by atoms with Gasteiger partial charge in [0.05, 0.1) is 11.7 Å². The summed E-state index contributed by atoms with van der Waals surface area (Å²) < 4.78 is 5.49. The minimum atomic E-state index is -0.732. The van der Waals surface area contributed by atoms with Crippen molar-refractivity contribution in [2.24, 2.45) is 23.7 Å². The zero-order valence-corrected chi connectivity index (χ0v) is 11.0. The maximum Gasteiger partial charge on any atom is 0.306 e. The number of aliphatic hydroxyl groups excluding tert-OH is 1. The fourth-order valence-corrected chi connectivity index (χ4v) is 4.39. The first-order valence-corrected chi connectivity index (χ1v) is 7.00. The van der Waals surface area contributed by atoms with Gasteiger partial charge in [0.2, 0.25) is 0 Å². The maximum absolute atomic E-state index is 11.7. The molecule has 0 bridgehead atoms. The molecule has 3 rings (SSSR count). The van der Waals surface area contributed by atoms with Crippen LogP contribution >= 0.6 is 0 Å². The van der Waals surface area contributed by atoms with Crippen molar-refractivity contribution in [2.75, 3.05) is 0 Å². The van der Waals surface area contributed by atoms with Crippen molar-refractivity contribution in [3.63, 3.8) is 0 Å². The summed E-state index contributed by atoms with van der Waals surface area (Å²) >= 11 is 0. The normalized spacial score (nSPS) is 55.7. The van der Waals surface area contributed by atoms with Crippen molar-refractivity contribution in [3.05, 3.63) is 0 Å². The molecule has 2 aliphatic carbocycles. The number of aliphatic hydroxyl groups is 2. The zero-order valence-electron chi connectivity index (χ0n) is 11.0. The smallest absolute Gasteiger partial charge is 0.306 e. The number of hydrogen-bond donors (Lipinski definition) is 2. The van der Waals surface area contributed by atoms with Gasteiger partial charge in [0.1, 0.15) is 6.10 Å². The highest BCUT2D eigenvalue weighted by molar-refractivity contribution is 5.71. The second-order valence-electron chi connectivity index (χ2n) is 6.66. The standard InChI is InChI=1S/C14H22O4/c1-7-10(15)6-9-12-8(3-4-14(9,2)17)5-11(16)18-13(7)12/h7-10,12-13,15,17H,3-6H2,1-2H3/t7-,8+,9?,10+,12+,13+,14?/m1/s1. The second kappa shape index (κ2) is 3.94. The van der Waals surface area contributed by atoms with E-state index in [0.717, 1.165) is 12.8 Å². The Bertz CT molecular complexity index is 365. The third-order valence-corrected chi connectivity index (χ3v) is 5.53. The molecule has 3 aliphatic rings. The molecule has 102 valence electrons. The number of ether oxygens (including phenoxy) is 1. The third-order valence-electron chi connectivity index (χ3n) is 5.53. The minimum absolute atomic E-state index is 0.0214. The number of carbonyl (C=O) groups is 1. The molecule has 2 N–H and O–H groups in total. The first-order chi connectivity index (χ1) is 8.40. The van der Waals surface area contributed by atoms with Crippen LogP contribution in [0.5, 0.6) is 0 Å². The molecule has 1 saturated heterocycles. The van der Waals surface area contributed by atoms with Gasteiger partial charge in [-0.3, -0.25) is 4.79 Å². The van der Waals surface area contributed by atoms with Crippen LogP contribution < -0.4 is 0 Å². The Kier molecular flexibility index (Phi) is 2.72. The summed E-state index contributed by atoms with van der Waals surface area (Å²) in [5, 5.41) is 20.7. The summed E-state index contributed by atoms with van der Waals surface area (Å²) in [4.78, 5) is 11.7. The van der Waals surface area contributed by atoms with Crippen LogP contribution in [0.25, 0.3) is 0 Å². The highest BCUT2D eigenvalue weighted by Gasteiger charge is 2.57. The summed E-state index contributed by atoms with van der Waals surface area (Å²) in [5.74, 6) is 0.455. The summed E-state index contributed by atoms with van der Waals surface area (Å²) in [7, 11) is 0. The molecule has 1 aliphatic heterocycles. The molecule has 1 heterocycles. The van der Waals surface area contributed by atoms with E-state index in [1.165, 1.54) is 0 Å². The molecule has 0 spiro atoms. The molecule has 0 aromatic carbocycles. The Hall–Kier alpha value is -0.610. The average Bonchev–Trinajstić information content (AvgIpc) is 2.29. The van der Waals surface area contributed by atoms with E-state index in [1.54, 1.807) is 0 Å². The summed E-state index contributed by atoms with van der Waals surface area (Å²) in [6, 6.07) is 0. The van der Waals surface area contributed by atoms with Crippen LogP contribution in [-0.2, 0) is 9.53 Å². The van der Waals surface area contributed by atoms with Crippen LogP contribution in [-0.4, -0.2) is 34.0 Å². The maximum atomic E-state index is 11.7. The molecule has 4 heteroatoms. The Morgan fingerprint density at radius 3 is 2.89 bits per heavy atom. The van der Waals surface area contributed by atoms with Crippen LogP contribution in [0.2, 0.25) is 0 Å². The van der Waals surface area contributed by atoms with E-state index in [0.29, 0.717) is 18.8 Å². The molecule has 18 heavy (non-hydrogen) atoms. The number of rotatable bonds is 0.